The van der Waals surface area contributed by atoms with Gasteiger partial charge >= 0.3 is 0 Å². The van der Waals surface area contributed by atoms with Crippen LogP contribution in [0.4, 0.5) is 0 Å². The molecular formula is C4H2N2S6. The van der Waals surface area contributed by atoms with E-state index in [1.54, 1.807) is 32.1 Å². The molecular weight excluding hydrogens is 268 g/mol. The summed E-state index contributed by atoms with van der Waals surface area (Å²) in [5, 5.41) is 0. The molecule has 0 saturated carbocycles. The first-order chi connectivity index (χ1) is 5.79. The Bertz CT molecular complexity index is 220. The highest BCUT2D eigenvalue weighted by Crippen LogP contribution is 2.44. The maximum absolute atomic E-state index is 4.91. The van der Waals surface area contributed by atoms with Gasteiger partial charge in [0.25, 0.3) is 0 Å². The summed E-state index contributed by atoms with van der Waals surface area (Å²) >= 11 is 9.83. The van der Waals surface area contributed by atoms with E-state index in [4.69, 9.17) is 24.4 Å². The molecule has 0 spiro atoms. The maximum atomic E-state index is 4.91. The minimum absolute atomic E-state index is 0.604. The average Bonchev–Trinajstić information content (AvgIpc) is 2.06. The van der Waals surface area contributed by atoms with Crippen LogP contribution in [0.15, 0.2) is 9.98 Å². The number of hydrogen-bond donors (Lipinski definition) is 0. The van der Waals surface area contributed by atoms with Gasteiger partial charge in [0.05, 0.1) is 0 Å². The predicted molar refractivity (Wildman–Crippen MR) is 72.5 cm³/mol. The topological polar surface area (TPSA) is 24.7 Å². The molecule has 1 aliphatic rings. The van der Waals surface area contributed by atoms with Crippen molar-refractivity contribution in [1.29, 1.82) is 0 Å². The van der Waals surface area contributed by atoms with Crippen LogP contribution >= 0.6 is 65.7 Å². The van der Waals surface area contributed by atoms with Gasteiger partial charge in [0.1, 0.15) is 0 Å². The summed E-state index contributed by atoms with van der Waals surface area (Å²) in [4.78, 5) is 7.87. The van der Waals surface area contributed by atoms with Gasteiger partial charge in [-0.3, -0.25) is 0 Å². The summed E-state index contributed by atoms with van der Waals surface area (Å²) in [7, 11) is 5.98. The summed E-state index contributed by atoms with van der Waals surface area (Å²) in [5.41, 5.74) is 0. The Morgan fingerprint density at radius 1 is 0.917 bits per heavy atom. The van der Waals surface area contributed by atoms with E-state index in [0.717, 1.165) is 0 Å². The van der Waals surface area contributed by atoms with Gasteiger partial charge in [-0.15, -0.1) is 0 Å². The Hall–Kier alpha value is 0.920. The molecule has 0 amide bonds. The van der Waals surface area contributed by atoms with Crippen LogP contribution < -0.4 is 0 Å². The highest BCUT2D eigenvalue weighted by molar-refractivity contribution is 9.29. The van der Waals surface area contributed by atoms with Crippen molar-refractivity contribution < 1.29 is 0 Å². The number of rotatable bonds is 0. The van der Waals surface area contributed by atoms with Crippen molar-refractivity contribution in [3.8, 4) is 0 Å². The van der Waals surface area contributed by atoms with Crippen LogP contribution in [0.1, 0.15) is 0 Å². The van der Waals surface area contributed by atoms with Crippen molar-refractivity contribution in [3.63, 3.8) is 0 Å². The molecule has 0 fully saturated rings. The van der Waals surface area contributed by atoms with Crippen molar-refractivity contribution >= 4 is 86.7 Å². The summed E-state index contributed by atoms with van der Waals surface area (Å²) in [6, 6.07) is 0. The standard InChI is InChI=1S/C4H2N2S6/c7-3-5-1-2-6-4(8)10-12-11-9-3/h1-2H/b5-1-,6-2+. The molecule has 64 valence electrons. The maximum Gasteiger partial charge on any atom is 0.171 e. The second kappa shape index (κ2) is 6.39. The van der Waals surface area contributed by atoms with Gasteiger partial charge in [0.15, 0.2) is 8.64 Å². The van der Waals surface area contributed by atoms with E-state index in [1.165, 1.54) is 21.6 Å². The number of nitrogens with zero attached hydrogens (tertiary/aromatic N) is 2. The quantitative estimate of drug-likeness (QED) is 0.494. The molecule has 0 radical (unpaired) electrons. The van der Waals surface area contributed by atoms with Gasteiger partial charge in [-0.1, -0.05) is 0 Å². The van der Waals surface area contributed by atoms with Crippen LogP contribution in [0.25, 0.3) is 0 Å². The molecule has 1 heterocycles. The molecule has 2 nitrogen and oxygen atoms in total. The highest BCUT2D eigenvalue weighted by Gasteiger charge is 2.00. The monoisotopic (exact) mass is 270 g/mol. The molecule has 12 heavy (non-hydrogen) atoms. The largest absolute Gasteiger partial charge is 0.236 e. The Kier molecular flexibility index (Phi) is 5.85. The summed E-state index contributed by atoms with van der Waals surface area (Å²) < 4.78 is 1.21. The molecule has 0 aromatic rings. The first-order valence-corrected chi connectivity index (χ1v) is 8.25. The zero-order chi connectivity index (χ0) is 8.81. The lowest BCUT2D eigenvalue weighted by Crippen LogP contribution is -1.86. The zero-order valence-electron chi connectivity index (χ0n) is 5.50. The van der Waals surface area contributed by atoms with Crippen LogP contribution in [0.2, 0.25) is 0 Å². The van der Waals surface area contributed by atoms with Crippen molar-refractivity contribution in [1.82, 2.24) is 0 Å². The first kappa shape index (κ1) is 11.0. The molecule has 1 rings (SSSR count). The van der Waals surface area contributed by atoms with E-state index in [-0.39, 0.29) is 0 Å². The lowest BCUT2D eigenvalue weighted by Gasteiger charge is -1.97. The fraction of sp³-hybridized carbons (Fsp3) is 0. The van der Waals surface area contributed by atoms with Gasteiger partial charge in [-0.05, 0) is 65.7 Å². The van der Waals surface area contributed by atoms with Gasteiger partial charge in [0.2, 0.25) is 0 Å². The van der Waals surface area contributed by atoms with Crippen molar-refractivity contribution in [2.75, 3.05) is 0 Å². The van der Waals surface area contributed by atoms with Crippen molar-refractivity contribution in [2.24, 2.45) is 9.98 Å². The average molecular weight is 270 g/mol. The Morgan fingerprint density at radius 2 is 1.33 bits per heavy atom. The second-order valence-electron chi connectivity index (χ2n) is 1.39. The van der Waals surface area contributed by atoms with E-state index in [1.807, 2.05) is 0 Å². The molecule has 0 atom stereocenters. The van der Waals surface area contributed by atoms with E-state index >= 15 is 0 Å². The molecule has 0 bridgehead atoms. The molecule has 0 aromatic carbocycles. The minimum Gasteiger partial charge on any atom is -0.236 e. The predicted octanol–water partition coefficient (Wildman–Crippen LogP) is 3.39. The van der Waals surface area contributed by atoms with Crippen LogP contribution in [0.5, 0.6) is 0 Å². The van der Waals surface area contributed by atoms with Gasteiger partial charge in [0, 0.05) is 12.4 Å². The SMILES string of the molecule is S=C1/N=C\C=N\C(=S)SSSS1. The third kappa shape index (κ3) is 4.83. The van der Waals surface area contributed by atoms with E-state index in [9.17, 15) is 0 Å². The van der Waals surface area contributed by atoms with E-state index < -0.39 is 0 Å². The normalized spacial score (nSPS) is 25.0. The lowest BCUT2D eigenvalue weighted by atomic mass is 10.8. The summed E-state index contributed by atoms with van der Waals surface area (Å²) in [6.07, 6.45) is 3.11. The van der Waals surface area contributed by atoms with Crippen LogP contribution in [0, 0.1) is 0 Å². The fourth-order valence-electron chi connectivity index (χ4n) is 0.317. The van der Waals surface area contributed by atoms with E-state index in [0.29, 0.717) is 8.64 Å². The highest BCUT2D eigenvalue weighted by atomic mass is 33.7. The zero-order valence-corrected chi connectivity index (χ0v) is 10.4. The summed E-state index contributed by atoms with van der Waals surface area (Å²) in [6.45, 7) is 0. The summed E-state index contributed by atoms with van der Waals surface area (Å²) in [5.74, 6) is 0. The minimum atomic E-state index is 0.604. The Morgan fingerprint density at radius 3 is 1.75 bits per heavy atom. The molecule has 0 unspecified atom stereocenters. The Labute approximate surface area is 96.0 Å². The van der Waals surface area contributed by atoms with Gasteiger partial charge in [-0.2, -0.15) is 0 Å². The van der Waals surface area contributed by atoms with Crippen LogP contribution in [0.3, 0.4) is 0 Å². The third-order valence-corrected chi connectivity index (χ3v) is 7.44. The number of thiocarbonyl (C=S) groups is 2. The smallest absolute Gasteiger partial charge is 0.171 e. The van der Waals surface area contributed by atoms with Gasteiger partial charge < -0.3 is 0 Å². The second-order valence-corrected chi connectivity index (χ2v) is 8.33. The molecule has 0 N–H and O–H groups in total. The molecule has 0 aliphatic carbocycles. The molecule has 1 aliphatic heterocycles. The van der Waals surface area contributed by atoms with Crippen LogP contribution in [-0.4, -0.2) is 21.1 Å². The van der Waals surface area contributed by atoms with Gasteiger partial charge in [-0.25, -0.2) is 9.98 Å². The Balaban J connectivity index is 2.59. The van der Waals surface area contributed by atoms with E-state index in [2.05, 4.69) is 9.98 Å². The van der Waals surface area contributed by atoms with Crippen molar-refractivity contribution in [3.05, 3.63) is 0 Å². The first-order valence-electron chi connectivity index (χ1n) is 2.61. The third-order valence-electron chi connectivity index (χ3n) is 0.665. The fourth-order valence-corrected chi connectivity index (χ4v) is 6.14. The molecule has 8 heteroatoms. The number of aliphatic imine (C=N–C) groups is 2. The molecule has 0 saturated heterocycles. The van der Waals surface area contributed by atoms with Crippen LogP contribution in [-0.2, 0) is 0 Å². The lowest BCUT2D eigenvalue weighted by molar-refractivity contribution is 1.85. The van der Waals surface area contributed by atoms with Crippen molar-refractivity contribution in [2.45, 2.75) is 0 Å². The number of hydrogen-bond acceptors (Lipinski definition) is 6. The molecule has 0 aromatic heterocycles.